The number of nitrogens with two attached hydrogens (primary N) is 1. The lowest BCUT2D eigenvalue weighted by Gasteiger charge is -2.17. The first kappa shape index (κ1) is 16.1. The molecule has 0 saturated carbocycles. The zero-order valence-corrected chi connectivity index (χ0v) is 12.5. The molecule has 0 aliphatic carbocycles. The Hall–Kier alpha value is -2.28. The number of amides is 2. The lowest BCUT2D eigenvalue weighted by atomic mass is 10.0. The van der Waals surface area contributed by atoms with Crippen LogP contribution in [0, 0.1) is 11.6 Å². The number of hydrogen-bond donors (Lipinski definition) is 2. The molecule has 3 N–H and O–H groups in total. The summed E-state index contributed by atoms with van der Waals surface area (Å²) in [5.74, 6) is -2.25. The number of carbonyl (C=O) groups excluding carboxylic acids is 2. The summed E-state index contributed by atoms with van der Waals surface area (Å²) < 4.78 is 27.1. The highest BCUT2D eigenvalue weighted by atomic mass is 32.1. The minimum Gasteiger partial charge on any atom is -0.366 e. The van der Waals surface area contributed by atoms with Crippen molar-refractivity contribution in [3.8, 4) is 0 Å². The van der Waals surface area contributed by atoms with Crippen LogP contribution in [0.4, 0.5) is 8.78 Å². The van der Waals surface area contributed by atoms with E-state index in [2.05, 4.69) is 5.32 Å². The van der Waals surface area contributed by atoms with Gasteiger partial charge in [-0.1, -0.05) is 6.92 Å². The number of rotatable bonds is 5. The fourth-order valence-corrected chi connectivity index (χ4v) is 2.79. The van der Waals surface area contributed by atoms with Gasteiger partial charge in [-0.2, -0.15) is 0 Å². The van der Waals surface area contributed by atoms with Crippen LogP contribution in [0.25, 0.3) is 0 Å². The van der Waals surface area contributed by atoms with Crippen molar-refractivity contribution in [3.05, 3.63) is 57.3 Å². The molecule has 0 radical (unpaired) electrons. The maximum atomic E-state index is 13.8. The Morgan fingerprint density at radius 1 is 1.32 bits per heavy atom. The Kier molecular flexibility index (Phi) is 4.87. The highest BCUT2D eigenvalue weighted by Gasteiger charge is 2.19. The Balaban J connectivity index is 2.20. The van der Waals surface area contributed by atoms with Gasteiger partial charge in [-0.15, -0.1) is 11.3 Å². The summed E-state index contributed by atoms with van der Waals surface area (Å²) >= 11 is 1.06. The van der Waals surface area contributed by atoms with Crippen LogP contribution in [0.5, 0.6) is 0 Å². The van der Waals surface area contributed by atoms with Crippen molar-refractivity contribution in [2.24, 2.45) is 5.73 Å². The van der Waals surface area contributed by atoms with Gasteiger partial charge in [-0.25, -0.2) is 8.78 Å². The molecular weight excluding hydrogens is 310 g/mol. The molecule has 0 aliphatic rings. The van der Waals surface area contributed by atoms with Gasteiger partial charge >= 0.3 is 0 Å². The summed E-state index contributed by atoms with van der Waals surface area (Å²) in [5, 5.41) is 4.11. The fourth-order valence-electron chi connectivity index (χ4n) is 2.00. The lowest BCUT2D eigenvalue weighted by Crippen LogP contribution is -2.28. The van der Waals surface area contributed by atoms with Crippen LogP contribution in [0.1, 0.15) is 45.0 Å². The van der Waals surface area contributed by atoms with Gasteiger partial charge in [0.05, 0.1) is 16.5 Å². The molecule has 2 amide bonds. The van der Waals surface area contributed by atoms with E-state index >= 15 is 0 Å². The van der Waals surface area contributed by atoms with Crippen molar-refractivity contribution < 1.29 is 18.4 Å². The monoisotopic (exact) mass is 324 g/mol. The molecule has 0 bridgehead atoms. The molecular formula is C15H14F2N2O2S. The van der Waals surface area contributed by atoms with E-state index in [0.717, 1.165) is 29.5 Å². The number of carbonyl (C=O) groups is 2. The quantitative estimate of drug-likeness (QED) is 0.887. The molecule has 7 heteroatoms. The van der Waals surface area contributed by atoms with Crippen LogP contribution >= 0.6 is 11.3 Å². The molecule has 1 aromatic heterocycles. The third-order valence-electron chi connectivity index (χ3n) is 3.15. The number of thiophene rings is 1. The summed E-state index contributed by atoms with van der Waals surface area (Å²) in [6.07, 6.45) is 0.389. The van der Waals surface area contributed by atoms with Crippen molar-refractivity contribution in [3.63, 3.8) is 0 Å². The van der Waals surface area contributed by atoms with Crippen LogP contribution in [0.3, 0.4) is 0 Å². The van der Waals surface area contributed by atoms with E-state index in [1.54, 1.807) is 6.92 Å². The normalized spacial score (nSPS) is 12.0. The molecule has 2 aromatic rings. The van der Waals surface area contributed by atoms with Gasteiger partial charge in [-0.05, 0) is 30.7 Å². The van der Waals surface area contributed by atoms with Crippen molar-refractivity contribution in [2.75, 3.05) is 0 Å². The van der Waals surface area contributed by atoms with Gasteiger partial charge in [0.1, 0.15) is 11.6 Å². The maximum absolute atomic E-state index is 13.8. The smallest absolute Gasteiger partial charge is 0.261 e. The van der Waals surface area contributed by atoms with Crippen molar-refractivity contribution >= 4 is 23.2 Å². The van der Waals surface area contributed by atoms with Crippen molar-refractivity contribution in [1.29, 1.82) is 0 Å². The van der Waals surface area contributed by atoms with Gasteiger partial charge in [0, 0.05) is 10.9 Å². The third kappa shape index (κ3) is 3.48. The average molecular weight is 324 g/mol. The maximum Gasteiger partial charge on any atom is 0.261 e. The van der Waals surface area contributed by atoms with Crippen LogP contribution in [0.2, 0.25) is 0 Å². The number of hydrogen-bond acceptors (Lipinski definition) is 3. The van der Waals surface area contributed by atoms with Gasteiger partial charge in [-0.3, -0.25) is 9.59 Å². The zero-order chi connectivity index (χ0) is 16.3. The van der Waals surface area contributed by atoms with Crippen LogP contribution in [-0.4, -0.2) is 11.8 Å². The molecule has 22 heavy (non-hydrogen) atoms. The van der Waals surface area contributed by atoms with Crippen molar-refractivity contribution in [2.45, 2.75) is 19.4 Å². The van der Waals surface area contributed by atoms with Crippen molar-refractivity contribution in [1.82, 2.24) is 5.32 Å². The van der Waals surface area contributed by atoms with Crippen LogP contribution < -0.4 is 11.1 Å². The molecule has 0 saturated heterocycles. The number of halogens is 2. The number of primary amides is 1. The fraction of sp³-hybridized carbons (Fsp3) is 0.200. The molecule has 1 heterocycles. The number of benzene rings is 1. The summed E-state index contributed by atoms with van der Waals surface area (Å²) in [6.45, 7) is 1.75. The molecule has 0 spiro atoms. The van der Waals surface area contributed by atoms with Gasteiger partial charge < -0.3 is 11.1 Å². The minimum atomic E-state index is -0.665. The number of nitrogens with one attached hydrogen (secondary N) is 1. The van der Waals surface area contributed by atoms with E-state index in [1.807, 2.05) is 0 Å². The second-order valence-electron chi connectivity index (χ2n) is 4.66. The molecule has 4 nitrogen and oxygen atoms in total. The Morgan fingerprint density at radius 3 is 2.64 bits per heavy atom. The average Bonchev–Trinajstić information content (AvgIpc) is 2.97. The zero-order valence-electron chi connectivity index (χ0n) is 11.7. The van der Waals surface area contributed by atoms with Crippen LogP contribution in [-0.2, 0) is 0 Å². The first-order valence-electron chi connectivity index (χ1n) is 6.56. The SMILES string of the molecule is CCC(NC(=O)c1cc(C(N)=O)cs1)c1cc(F)ccc1F. The van der Waals surface area contributed by atoms with Gasteiger partial charge in [0.15, 0.2) is 0 Å². The van der Waals surface area contributed by atoms with Gasteiger partial charge in [0.25, 0.3) is 5.91 Å². The first-order chi connectivity index (χ1) is 10.4. The molecule has 0 aliphatic heterocycles. The van der Waals surface area contributed by atoms with E-state index in [0.29, 0.717) is 6.42 Å². The minimum absolute atomic E-state index is 0.0857. The van der Waals surface area contributed by atoms with E-state index in [1.165, 1.54) is 11.4 Å². The molecule has 0 fully saturated rings. The molecule has 1 unspecified atom stereocenters. The van der Waals surface area contributed by atoms with E-state index in [4.69, 9.17) is 5.73 Å². The summed E-state index contributed by atoms with van der Waals surface area (Å²) in [4.78, 5) is 23.5. The topological polar surface area (TPSA) is 72.2 Å². The Bertz CT molecular complexity index is 715. The Labute approximate surface area is 129 Å². The summed E-state index contributed by atoms with van der Waals surface area (Å²) in [5.41, 5.74) is 5.45. The lowest BCUT2D eigenvalue weighted by molar-refractivity contribution is 0.0939. The van der Waals surface area contributed by atoms with E-state index < -0.39 is 29.5 Å². The largest absolute Gasteiger partial charge is 0.366 e. The standard InChI is InChI=1S/C15H14F2N2O2S/c1-2-12(10-6-9(16)3-4-11(10)17)19-15(21)13-5-8(7-22-13)14(18)20/h3-7,12H,2H2,1H3,(H2,18,20)(H,19,21). The second-order valence-corrected chi connectivity index (χ2v) is 5.58. The van der Waals surface area contributed by atoms with E-state index in [-0.39, 0.29) is 16.0 Å². The molecule has 1 atom stereocenters. The summed E-state index contributed by atoms with van der Waals surface area (Å²) in [7, 11) is 0. The third-order valence-corrected chi connectivity index (χ3v) is 4.08. The Morgan fingerprint density at radius 2 is 2.05 bits per heavy atom. The highest BCUT2D eigenvalue weighted by Crippen LogP contribution is 2.23. The first-order valence-corrected chi connectivity index (χ1v) is 7.44. The molecule has 1 aromatic carbocycles. The predicted molar refractivity (Wildman–Crippen MR) is 79.7 cm³/mol. The highest BCUT2D eigenvalue weighted by molar-refractivity contribution is 7.12. The predicted octanol–water partition coefficient (Wildman–Crippen LogP) is 3.01. The van der Waals surface area contributed by atoms with Crippen LogP contribution in [0.15, 0.2) is 29.6 Å². The van der Waals surface area contributed by atoms with Gasteiger partial charge in [0.2, 0.25) is 5.91 Å². The van der Waals surface area contributed by atoms with E-state index in [9.17, 15) is 18.4 Å². The summed E-state index contributed by atoms with van der Waals surface area (Å²) in [6, 6.07) is 3.81. The molecule has 116 valence electrons. The second kappa shape index (κ2) is 6.65. The molecule has 2 rings (SSSR count).